The molecule has 0 unspecified atom stereocenters. The van der Waals surface area contributed by atoms with E-state index in [0.29, 0.717) is 18.7 Å². The van der Waals surface area contributed by atoms with Gasteiger partial charge in [-0.1, -0.05) is 18.2 Å². The molecule has 0 atom stereocenters. The summed E-state index contributed by atoms with van der Waals surface area (Å²) in [6, 6.07) is 8.11. The third kappa shape index (κ3) is 2.51. The van der Waals surface area contributed by atoms with Gasteiger partial charge in [0.1, 0.15) is 10.5 Å². The van der Waals surface area contributed by atoms with E-state index >= 15 is 0 Å². The van der Waals surface area contributed by atoms with Crippen molar-refractivity contribution >= 4 is 37.7 Å². The van der Waals surface area contributed by atoms with Crippen LogP contribution in [-0.4, -0.2) is 33.4 Å². The number of nitrogens with zero attached hydrogens (tertiary/aromatic N) is 3. The molecule has 3 aromatic rings. The lowest BCUT2D eigenvalue weighted by atomic mass is 10.2. The molecule has 0 N–H and O–H groups in total. The van der Waals surface area contributed by atoms with Crippen LogP contribution >= 0.6 is 11.3 Å². The van der Waals surface area contributed by atoms with Crippen molar-refractivity contribution in [1.29, 1.82) is 0 Å². The number of carbonyl (C=O) groups is 1. The quantitative estimate of drug-likeness (QED) is 0.733. The number of aryl methyl sites for hydroxylation is 2. The number of likely N-dealkylation sites (tertiary alicyclic amines) is 1. The number of rotatable bonds is 4. The van der Waals surface area contributed by atoms with Crippen molar-refractivity contribution in [3.63, 3.8) is 0 Å². The molecule has 0 bridgehead atoms. The first kappa shape index (κ1) is 15.3. The monoisotopic (exact) mass is 341 g/mol. The normalized spacial score (nSPS) is 15.0. The standard InChI is InChI=1S/C18H19N3O2S/c1-12-18(23)21(11-5-10-20-9-4-8-15(20)22)16-13-6-2-3-7-14(13)24-17(16)19-12/h2-3,6-7H,4-5,8-11H2,1H3. The second-order valence-corrected chi connectivity index (χ2v) is 7.27. The third-order valence-electron chi connectivity index (χ3n) is 4.63. The van der Waals surface area contributed by atoms with Gasteiger partial charge in [0.15, 0.2) is 0 Å². The summed E-state index contributed by atoms with van der Waals surface area (Å²) in [4.78, 5) is 31.7. The van der Waals surface area contributed by atoms with Crippen LogP contribution in [-0.2, 0) is 11.3 Å². The SMILES string of the molecule is Cc1nc2sc3ccccc3c2n(CCCN2CCCC2=O)c1=O. The Kier molecular flexibility index (Phi) is 3.84. The van der Waals surface area contributed by atoms with Crippen LogP contribution in [0.2, 0.25) is 0 Å². The van der Waals surface area contributed by atoms with Crippen molar-refractivity contribution in [2.24, 2.45) is 0 Å². The molecule has 2 aromatic heterocycles. The number of hydrogen-bond acceptors (Lipinski definition) is 4. The van der Waals surface area contributed by atoms with Crippen LogP contribution in [0.15, 0.2) is 29.1 Å². The molecule has 1 fully saturated rings. The number of carbonyl (C=O) groups excluding carboxylic acids is 1. The van der Waals surface area contributed by atoms with Crippen molar-refractivity contribution in [2.45, 2.75) is 32.7 Å². The van der Waals surface area contributed by atoms with E-state index in [1.165, 1.54) is 0 Å². The van der Waals surface area contributed by atoms with Crippen LogP contribution in [0.1, 0.15) is 25.0 Å². The zero-order chi connectivity index (χ0) is 16.7. The number of hydrogen-bond donors (Lipinski definition) is 0. The van der Waals surface area contributed by atoms with Crippen molar-refractivity contribution < 1.29 is 4.79 Å². The molecule has 1 aliphatic rings. The molecule has 3 heterocycles. The molecule has 1 aliphatic heterocycles. The average Bonchev–Trinajstić information content (AvgIpc) is 3.14. The lowest BCUT2D eigenvalue weighted by Gasteiger charge is -2.16. The summed E-state index contributed by atoms with van der Waals surface area (Å²) >= 11 is 1.62. The lowest BCUT2D eigenvalue weighted by molar-refractivity contribution is -0.127. The maximum absolute atomic E-state index is 12.6. The molecule has 0 spiro atoms. The first-order chi connectivity index (χ1) is 11.6. The van der Waals surface area contributed by atoms with Gasteiger partial charge in [0.25, 0.3) is 5.56 Å². The number of benzene rings is 1. The van der Waals surface area contributed by atoms with Crippen LogP contribution in [0, 0.1) is 6.92 Å². The second kappa shape index (κ2) is 6.02. The van der Waals surface area contributed by atoms with Gasteiger partial charge in [0.2, 0.25) is 5.91 Å². The predicted octanol–water partition coefficient (Wildman–Crippen LogP) is 2.93. The molecule has 124 valence electrons. The first-order valence-corrected chi connectivity index (χ1v) is 9.13. The Hall–Kier alpha value is -2.21. The van der Waals surface area contributed by atoms with Gasteiger partial charge < -0.3 is 9.47 Å². The zero-order valence-electron chi connectivity index (χ0n) is 13.6. The van der Waals surface area contributed by atoms with Crippen LogP contribution in [0.4, 0.5) is 0 Å². The molecule has 1 aromatic carbocycles. The summed E-state index contributed by atoms with van der Waals surface area (Å²) in [5.41, 5.74) is 1.43. The van der Waals surface area contributed by atoms with Gasteiger partial charge in [-0.05, 0) is 25.8 Å². The highest BCUT2D eigenvalue weighted by Gasteiger charge is 2.20. The highest BCUT2D eigenvalue weighted by molar-refractivity contribution is 7.25. The molecule has 0 saturated carbocycles. The third-order valence-corrected chi connectivity index (χ3v) is 5.68. The summed E-state index contributed by atoms with van der Waals surface area (Å²) in [5, 5.41) is 1.08. The van der Waals surface area contributed by atoms with Crippen molar-refractivity contribution in [1.82, 2.24) is 14.5 Å². The molecule has 6 heteroatoms. The van der Waals surface area contributed by atoms with Gasteiger partial charge in [-0.2, -0.15) is 0 Å². The van der Waals surface area contributed by atoms with E-state index in [-0.39, 0.29) is 11.5 Å². The Morgan fingerprint density at radius 2 is 2.04 bits per heavy atom. The molecule has 5 nitrogen and oxygen atoms in total. The van der Waals surface area contributed by atoms with E-state index in [0.717, 1.165) is 46.4 Å². The number of amides is 1. The maximum atomic E-state index is 12.6. The molecule has 0 radical (unpaired) electrons. The minimum Gasteiger partial charge on any atom is -0.343 e. The largest absolute Gasteiger partial charge is 0.343 e. The van der Waals surface area contributed by atoms with Gasteiger partial charge in [-0.15, -0.1) is 11.3 Å². The fourth-order valence-corrected chi connectivity index (χ4v) is 4.56. The fourth-order valence-electron chi connectivity index (χ4n) is 3.43. The maximum Gasteiger partial charge on any atom is 0.272 e. The van der Waals surface area contributed by atoms with Crippen molar-refractivity contribution in [3.05, 3.63) is 40.3 Å². The van der Waals surface area contributed by atoms with E-state index in [1.807, 2.05) is 27.7 Å². The molecular formula is C18H19N3O2S. The lowest BCUT2D eigenvalue weighted by Crippen LogP contribution is -2.29. The van der Waals surface area contributed by atoms with Crippen molar-refractivity contribution in [3.8, 4) is 0 Å². The summed E-state index contributed by atoms with van der Waals surface area (Å²) in [6.45, 7) is 3.95. The van der Waals surface area contributed by atoms with E-state index in [9.17, 15) is 9.59 Å². The Morgan fingerprint density at radius 3 is 2.83 bits per heavy atom. The molecule has 1 saturated heterocycles. The van der Waals surface area contributed by atoms with Gasteiger partial charge in [-0.3, -0.25) is 9.59 Å². The summed E-state index contributed by atoms with van der Waals surface area (Å²) in [5.74, 6) is 0.236. The highest BCUT2D eigenvalue weighted by Crippen LogP contribution is 2.31. The number of aromatic nitrogens is 2. The van der Waals surface area contributed by atoms with Crippen LogP contribution in [0.25, 0.3) is 20.4 Å². The molecule has 0 aliphatic carbocycles. The minimum absolute atomic E-state index is 0.0289. The Morgan fingerprint density at radius 1 is 1.21 bits per heavy atom. The van der Waals surface area contributed by atoms with Gasteiger partial charge >= 0.3 is 0 Å². The average molecular weight is 341 g/mol. The van der Waals surface area contributed by atoms with Gasteiger partial charge in [0.05, 0.1) is 5.52 Å². The van der Waals surface area contributed by atoms with Crippen molar-refractivity contribution in [2.75, 3.05) is 13.1 Å². The molecule has 1 amide bonds. The van der Waals surface area contributed by atoms with Crippen LogP contribution < -0.4 is 5.56 Å². The van der Waals surface area contributed by atoms with E-state index in [1.54, 1.807) is 18.3 Å². The first-order valence-electron chi connectivity index (χ1n) is 8.31. The second-order valence-electron chi connectivity index (χ2n) is 6.24. The minimum atomic E-state index is -0.0289. The van der Waals surface area contributed by atoms with E-state index in [2.05, 4.69) is 11.1 Å². The Bertz CT molecular complexity index is 989. The highest BCUT2D eigenvalue weighted by atomic mass is 32.1. The molecular weight excluding hydrogens is 322 g/mol. The number of fused-ring (bicyclic) bond motifs is 3. The van der Waals surface area contributed by atoms with Gasteiger partial charge in [0, 0.05) is 36.1 Å². The smallest absolute Gasteiger partial charge is 0.272 e. The van der Waals surface area contributed by atoms with Crippen LogP contribution in [0.5, 0.6) is 0 Å². The Balaban J connectivity index is 1.71. The number of thiophene rings is 1. The van der Waals surface area contributed by atoms with Gasteiger partial charge in [-0.25, -0.2) is 4.98 Å². The predicted molar refractivity (Wildman–Crippen MR) is 96.6 cm³/mol. The van der Waals surface area contributed by atoms with E-state index < -0.39 is 0 Å². The fraction of sp³-hybridized carbons (Fsp3) is 0.389. The summed E-state index contributed by atoms with van der Waals surface area (Å²) in [6.07, 6.45) is 2.40. The zero-order valence-corrected chi connectivity index (χ0v) is 14.4. The molecule has 24 heavy (non-hydrogen) atoms. The topological polar surface area (TPSA) is 55.2 Å². The van der Waals surface area contributed by atoms with E-state index in [4.69, 9.17) is 0 Å². The van der Waals surface area contributed by atoms with Crippen LogP contribution in [0.3, 0.4) is 0 Å². The Labute approximate surface area is 143 Å². The summed E-state index contributed by atoms with van der Waals surface area (Å²) in [7, 11) is 0. The summed E-state index contributed by atoms with van der Waals surface area (Å²) < 4.78 is 2.99. The molecule has 4 rings (SSSR count).